The highest BCUT2D eigenvalue weighted by Gasteiger charge is 2.47. The van der Waals surface area contributed by atoms with E-state index in [0.29, 0.717) is 12.8 Å². The van der Waals surface area contributed by atoms with Gasteiger partial charge in [0.1, 0.15) is 5.41 Å². The molecule has 17 heavy (non-hydrogen) atoms. The number of hydrogen-bond acceptors (Lipinski definition) is 3. The molecule has 3 nitrogen and oxygen atoms in total. The Hall–Kier alpha value is -1.61. The normalized spacial score (nSPS) is 27.1. The van der Waals surface area contributed by atoms with Crippen molar-refractivity contribution in [3.8, 4) is 0 Å². The molecule has 3 heteroatoms. The van der Waals surface area contributed by atoms with E-state index in [1.807, 2.05) is 36.4 Å². The Bertz CT molecular complexity index is 424. The SMILES string of the molecule is COC(=O)[C@@]1(Cc2ccccc2)CC=C[C@@H]1O. The van der Waals surface area contributed by atoms with Crippen LogP contribution in [-0.2, 0) is 16.0 Å². The third-order valence-corrected chi connectivity index (χ3v) is 3.32. The van der Waals surface area contributed by atoms with Gasteiger partial charge in [0.15, 0.2) is 0 Å². The zero-order valence-electron chi connectivity index (χ0n) is 9.80. The monoisotopic (exact) mass is 232 g/mol. The number of hydrogen-bond donors (Lipinski definition) is 1. The molecule has 90 valence electrons. The summed E-state index contributed by atoms with van der Waals surface area (Å²) in [6.07, 6.45) is 3.75. The molecular formula is C14H16O3. The second kappa shape index (κ2) is 4.72. The number of carbonyl (C=O) groups is 1. The number of benzene rings is 1. The van der Waals surface area contributed by atoms with Crippen LogP contribution in [0.4, 0.5) is 0 Å². The van der Waals surface area contributed by atoms with Gasteiger partial charge in [-0.2, -0.15) is 0 Å². The van der Waals surface area contributed by atoms with Crippen LogP contribution in [0.25, 0.3) is 0 Å². The largest absolute Gasteiger partial charge is 0.468 e. The number of allylic oxidation sites excluding steroid dienone is 1. The lowest BCUT2D eigenvalue weighted by Crippen LogP contribution is -2.41. The fraction of sp³-hybridized carbons (Fsp3) is 0.357. The number of aliphatic hydroxyl groups excluding tert-OH is 1. The van der Waals surface area contributed by atoms with Gasteiger partial charge in [0.25, 0.3) is 0 Å². The molecule has 0 aliphatic heterocycles. The van der Waals surface area contributed by atoms with E-state index in [9.17, 15) is 9.90 Å². The number of aliphatic hydroxyl groups is 1. The molecule has 0 bridgehead atoms. The Morgan fingerprint density at radius 1 is 1.47 bits per heavy atom. The van der Waals surface area contributed by atoms with Gasteiger partial charge < -0.3 is 9.84 Å². The Morgan fingerprint density at radius 3 is 2.71 bits per heavy atom. The van der Waals surface area contributed by atoms with Gasteiger partial charge in [0, 0.05) is 0 Å². The van der Waals surface area contributed by atoms with Crippen molar-refractivity contribution < 1.29 is 14.6 Å². The number of rotatable bonds is 3. The average Bonchev–Trinajstić information content (AvgIpc) is 2.72. The minimum atomic E-state index is -0.851. The fourth-order valence-corrected chi connectivity index (χ4v) is 2.33. The lowest BCUT2D eigenvalue weighted by Gasteiger charge is -2.29. The first-order chi connectivity index (χ1) is 8.19. The molecular weight excluding hydrogens is 216 g/mol. The minimum Gasteiger partial charge on any atom is -0.468 e. The standard InChI is InChI=1S/C14H16O3/c1-17-13(16)14(9-5-8-12(14)15)10-11-6-3-2-4-7-11/h2-8,12,15H,9-10H2,1H3/t12-,14+/m0/s1. The second-order valence-electron chi connectivity index (χ2n) is 4.39. The summed E-state index contributed by atoms with van der Waals surface area (Å²) in [5.74, 6) is -0.348. The number of esters is 1. The molecule has 2 atom stereocenters. The van der Waals surface area contributed by atoms with E-state index >= 15 is 0 Å². The lowest BCUT2D eigenvalue weighted by molar-refractivity contribution is -0.157. The van der Waals surface area contributed by atoms with E-state index in [4.69, 9.17) is 4.74 Å². The molecule has 1 aliphatic rings. The molecule has 0 heterocycles. The Balaban J connectivity index is 2.27. The molecule has 1 aliphatic carbocycles. The lowest BCUT2D eigenvalue weighted by atomic mass is 9.77. The van der Waals surface area contributed by atoms with E-state index in [2.05, 4.69) is 0 Å². The Kier molecular flexibility index (Phi) is 3.29. The van der Waals surface area contributed by atoms with Crippen LogP contribution in [0, 0.1) is 5.41 Å². The molecule has 0 spiro atoms. The third kappa shape index (κ3) is 2.11. The van der Waals surface area contributed by atoms with E-state index in [-0.39, 0.29) is 5.97 Å². The van der Waals surface area contributed by atoms with Crippen LogP contribution < -0.4 is 0 Å². The number of carbonyl (C=O) groups excluding carboxylic acids is 1. The topological polar surface area (TPSA) is 46.5 Å². The molecule has 0 saturated carbocycles. The van der Waals surface area contributed by atoms with Gasteiger partial charge in [0.05, 0.1) is 13.2 Å². The van der Waals surface area contributed by atoms with Crippen molar-refractivity contribution in [2.45, 2.75) is 18.9 Å². The predicted octanol–water partition coefficient (Wildman–Crippen LogP) is 1.71. The van der Waals surface area contributed by atoms with Crippen molar-refractivity contribution in [3.05, 3.63) is 48.0 Å². The smallest absolute Gasteiger partial charge is 0.315 e. The molecule has 0 unspecified atom stereocenters. The summed E-state index contributed by atoms with van der Waals surface area (Å²) in [6, 6.07) is 9.69. The van der Waals surface area contributed by atoms with Crippen molar-refractivity contribution in [2.24, 2.45) is 5.41 Å². The molecule has 1 aromatic rings. The van der Waals surface area contributed by atoms with E-state index in [1.54, 1.807) is 6.08 Å². The highest BCUT2D eigenvalue weighted by atomic mass is 16.5. The molecule has 0 amide bonds. The molecule has 2 rings (SSSR count). The fourth-order valence-electron chi connectivity index (χ4n) is 2.33. The van der Waals surface area contributed by atoms with Crippen molar-refractivity contribution in [1.29, 1.82) is 0 Å². The van der Waals surface area contributed by atoms with Gasteiger partial charge in [0.2, 0.25) is 0 Å². The van der Waals surface area contributed by atoms with Crippen LogP contribution in [0.1, 0.15) is 12.0 Å². The van der Waals surface area contributed by atoms with Gasteiger partial charge in [-0.15, -0.1) is 0 Å². The summed E-state index contributed by atoms with van der Waals surface area (Å²) in [4.78, 5) is 11.9. The molecule has 1 aromatic carbocycles. The summed E-state index contributed by atoms with van der Waals surface area (Å²) in [6.45, 7) is 0. The quantitative estimate of drug-likeness (QED) is 0.637. The first kappa shape index (κ1) is 11.9. The zero-order chi connectivity index (χ0) is 12.3. The first-order valence-corrected chi connectivity index (χ1v) is 5.66. The van der Waals surface area contributed by atoms with Gasteiger partial charge >= 0.3 is 5.97 Å². The van der Waals surface area contributed by atoms with E-state index in [0.717, 1.165) is 5.56 Å². The van der Waals surface area contributed by atoms with Crippen LogP contribution in [-0.4, -0.2) is 24.3 Å². The highest BCUT2D eigenvalue weighted by Crippen LogP contribution is 2.38. The van der Waals surface area contributed by atoms with Crippen LogP contribution in [0.5, 0.6) is 0 Å². The third-order valence-electron chi connectivity index (χ3n) is 3.32. The zero-order valence-corrected chi connectivity index (χ0v) is 9.80. The van der Waals surface area contributed by atoms with Crippen molar-refractivity contribution >= 4 is 5.97 Å². The summed E-state index contributed by atoms with van der Waals surface area (Å²) in [5, 5.41) is 10.0. The second-order valence-corrected chi connectivity index (χ2v) is 4.39. The predicted molar refractivity (Wildman–Crippen MR) is 64.4 cm³/mol. The summed E-state index contributed by atoms with van der Waals surface area (Å²) >= 11 is 0. The van der Waals surface area contributed by atoms with E-state index < -0.39 is 11.5 Å². The highest BCUT2D eigenvalue weighted by molar-refractivity contribution is 5.79. The maximum atomic E-state index is 11.9. The average molecular weight is 232 g/mol. The molecule has 0 radical (unpaired) electrons. The number of methoxy groups -OCH3 is 1. The van der Waals surface area contributed by atoms with Crippen molar-refractivity contribution in [3.63, 3.8) is 0 Å². The van der Waals surface area contributed by atoms with Gasteiger partial charge in [-0.05, 0) is 18.4 Å². The van der Waals surface area contributed by atoms with Crippen molar-refractivity contribution in [2.75, 3.05) is 7.11 Å². The van der Waals surface area contributed by atoms with Gasteiger partial charge in [-0.1, -0.05) is 42.5 Å². The van der Waals surface area contributed by atoms with Crippen LogP contribution in [0.2, 0.25) is 0 Å². The van der Waals surface area contributed by atoms with Gasteiger partial charge in [-0.3, -0.25) is 4.79 Å². The molecule has 1 N–H and O–H groups in total. The molecule has 0 fully saturated rings. The van der Waals surface area contributed by atoms with Gasteiger partial charge in [-0.25, -0.2) is 0 Å². The molecule has 0 saturated heterocycles. The maximum absolute atomic E-state index is 11.9. The van der Waals surface area contributed by atoms with Crippen LogP contribution in [0.15, 0.2) is 42.5 Å². The number of ether oxygens (including phenoxy) is 1. The summed E-state index contributed by atoms with van der Waals surface area (Å²) in [7, 11) is 1.36. The minimum absolute atomic E-state index is 0.348. The first-order valence-electron chi connectivity index (χ1n) is 5.66. The Morgan fingerprint density at radius 2 is 2.18 bits per heavy atom. The summed E-state index contributed by atoms with van der Waals surface area (Å²) < 4.78 is 4.84. The maximum Gasteiger partial charge on any atom is 0.315 e. The van der Waals surface area contributed by atoms with E-state index in [1.165, 1.54) is 7.11 Å². The van der Waals surface area contributed by atoms with Crippen LogP contribution in [0.3, 0.4) is 0 Å². The van der Waals surface area contributed by atoms with Crippen LogP contribution >= 0.6 is 0 Å². The molecule has 0 aromatic heterocycles. The van der Waals surface area contributed by atoms with Crippen molar-refractivity contribution in [1.82, 2.24) is 0 Å². The Labute approximate surface area is 101 Å². The summed E-state index contributed by atoms with van der Waals surface area (Å²) in [5.41, 5.74) is 0.177.